The minimum absolute atomic E-state index is 0.0501. The summed E-state index contributed by atoms with van der Waals surface area (Å²) in [5.41, 5.74) is 0. The topological polar surface area (TPSA) is 32.8 Å². The molecule has 0 radical (unpaired) electrons. The highest BCUT2D eigenvalue weighted by Gasteiger charge is 2.43. The molecule has 1 heterocycles. The van der Waals surface area contributed by atoms with E-state index in [2.05, 4.69) is 12.2 Å². The fourth-order valence-corrected chi connectivity index (χ4v) is 3.30. The Morgan fingerprint density at radius 3 is 2.44 bits per heavy atom. The highest BCUT2D eigenvalue weighted by atomic mass is 16.6. The molecule has 0 aromatic heterocycles. The molecule has 2 heteroatoms. The molecule has 1 N–H and O–H groups in total. The van der Waals surface area contributed by atoms with Gasteiger partial charge in [0.15, 0.2) is 0 Å². The first-order chi connectivity index (χ1) is 7.81. The van der Waals surface area contributed by atoms with Gasteiger partial charge in [-0.15, -0.1) is 0 Å². The van der Waals surface area contributed by atoms with Crippen LogP contribution >= 0.6 is 0 Å². The van der Waals surface area contributed by atoms with E-state index in [0.717, 1.165) is 18.8 Å². The largest absolute Gasteiger partial charge is 0.393 e. The second-order valence-electron chi connectivity index (χ2n) is 5.75. The molecule has 1 saturated heterocycles. The van der Waals surface area contributed by atoms with Crippen molar-refractivity contribution in [1.82, 2.24) is 0 Å². The number of fused-ring (bicyclic) bond motifs is 1. The van der Waals surface area contributed by atoms with Crippen LogP contribution in [0.4, 0.5) is 0 Å². The van der Waals surface area contributed by atoms with Gasteiger partial charge in [-0.2, -0.15) is 0 Å². The van der Waals surface area contributed by atoms with Gasteiger partial charge in [0.1, 0.15) is 0 Å². The lowest BCUT2D eigenvalue weighted by atomic mass is 9.84. The summed E-state index contributed by atoms with van der Waals surface area (Å²) >= 11 is 0. The maximum Gasteiger partial charge on any atom is 0.0847 e. The SMILES string of the molecule is OC1CCCC(/C=C\C2CCC3OC3C2)C1. The Morgan fingerprint density at radius 2 is 1.69 bits per heavy atom. The van der Waals surface area contributed by atoms with E-state index in [9.17, 15) is 5.11 Å². The van der Waals surface area contributed by atoms with Gasteiger partial charge in [-0.05, 0) is 50.4 Å². The molecule has 5 atom stereocenters. The van der Waals surface area contributed by atoms with Crippen molar-refractivity contribution in [3.05, 3.63) is 12.2 Å². The molecule has 1 aliphatic heterocycles. The second-order valence-corrected chi connectivity index (χ2v) is 5.75. The molecular weight excluding hydrogens is 200 g/mol. The van der Waals surface area contributed by atoms with Crippen LogP contribution in [0, 0.1) is 11.8 Å². The third-order valence-electron chi connectivity index (χ3n) is 4.39. The van der Waals surface area contributed by atoms with Crippen molar-refractivity contribution in [1.29, 1.82) is 0 Å². The molecule has 3 fully saturated rings. The predicted octanol–water partition coefficient (Wildman–Crippen LogP) is 2.66. The molecular formula is C14H22O2. The van der Waals surface area contributed by atoms with Gasteiger partial charge in [-0.1, -0.05) is 18.6 Å². The molecule has 16 heavy (non-hydrogen) atoms. The average molecular weight is 222 g/mol. The van der Waals surface area contributed by atoms with Gasteiger partial charge in [0.05, 0.1) is 18.3 Å². The summed E-state index contributed by atoms with van der Waals surface area (Å²) in [6, 6.07) is 0. The number of aliphatic hydroxyl groups is 1. The van der Waals surface area contributed by atoms with E-state index in [1.165, 1.54) is 32.1 Å². The minimum Gasteiger partial charge on any atom is -0.393 e. The standard InChI is InChI=1S/C14H22O2/c15-12-3-1-2-10(8-12)4-5-11-6-7-13-14(9-11)16-13/h4-5,10-15H,1-3,6-9H2/b5-4-. The molecule has 2 nitrogen and oxygen atoms in total. The average Bonchev–Trinajstić information content (AvgIpc) is 3.04. The van der Waals surface area contributed by atoms with Crippen molar-refractivity contribution < 1.29 is 9.84 Å². The van der Waals surface area contributed by atoms with Crippen LogP contribution in [-0.4, -0.2) is 23.4 Å². The van der Waals surface area contributed by atoms with E-state index in [1.807, 2.05) is 0 Å². The lowest BCUT2D eigenvalue weighted by Gasteiger charge is -2.24. The molecule has 90 valence electrons. The Morgan fingerprint density at radius 1 is 0.875 bits per heavy atom. The molecule has 0 spiro atoms. The molecule has 0 aromatic rings. The Bertz CT molecular complexity index is 266. The lowest BCUT2D eigenvalue weighted by Crippen LogP contribution is -2.18. The molecule has 0 aromatic carbocycles. The van der Waals surface area contributed by atoms with Gasteiger partial charge in [-0.3, -0.25) is 0 Å². The van der Waals surface area contributed by atoms with E-state index in [4.69, 9.17) is 4.74 Å². The van der Waals surface area contributed by atoms with E-state index in [-0.39, 0.29) is 6.10 Å². The maximum absolute atomic E-state index is 9.61. The van der Waals surface area contributed by atoms with Gasteiger partial charge in [0, 0.05) is 0 Å². The Labute approximate surface area is 97.7 Å². The van der Waals surface area contributed by atoms with Gasteiger partial charge < -0.3 is 9.84 Å². The maximum atomic E-state index is 9.61. The summed E-state index contributed by atoms with van der Waals surface area (Å²) in [5.74, 6) is 1.37. The van der Waals surface area contributed by atoms with Gasteiger partial charge in [0.2, 0.25) is 0 Å². The number of epoxide rings is 1. The van der Waals surface area contributed by atoms with Crippen LogP contribution < -0.4 is 0 Å². The second kappa shape index (κ2) is 4.50. The molecule has 2 aliphatic carbocycles. The number of rotatable bonds is 2. The predicted molar refractivity (Wildman–Crippen MR) is 63.1 cm³/mol. The molecule has 3 aliphatic rings. The minimum atomic E-state index is -0.0501. The number of allylic oxidation sites excluding steroid dienone is 2. The first-order valence-electron chi connectivity index (χ1n) is 6.83. The fourth-order valence-electron chi connectivity index (χ4n) is 3.30. The van der Waals surface area contributed by atoms with Crippen molar-refractivity contribution >= 4 is 0 Å². The van der Waals surface area contributed by atoms with E-state index in [0.29, 0.717) is 18.1 Å². The summed E-state index contributed by atoms with van der Waals surface area (Å²) in [5, 5.41) is 9.61. The number of hydrogen-bond acceptors (Lipinski definition) is 2. The summed E-state index contributed by atoms with van der Waals surface area (Å²) in [6.07, 6.45) is 14.1. The molecule has 0 amide bonds. The van der Waals surface area contributed by atoms with Crippen molar-refractivity contribution in [2.45, 2.75) is 63.3 Å². The normalized spacial score (nSPS) is 47.9. The highest BCUT2D eigenvalue weighted by Crippen LogP contribution is 2.40. The van der Waals surface area contributed by atoms with E-state index < -0.39 is 0 Å². The van der Waals surface area contributed by atoms with Crippen LogP contribution in [0.25, 0.3) is 0 Å². The Hall–Kier alpha value is -0.340. The molecule has 0 bridgehead atoms. The van der Waals surface area contributed by atoms with Crippen LogP contribution in [0.15, 0.2) is 12.2 Å². The quantitative estimate of drug-likeness (QED) is 0.575. The van der Waals surface area contributed by atoms with Crippen LogP contribution in [0.2, 0.25) is 0 Å². The zero-order valence-corrected chi connectivity index (χ0v) is 9.85. The van der Waals surface area contributed by atoms with Crippen molar-refractivity contribution in [3.63, 3.8) is 0 Å². The highest BCUT2D eigenvalue weighted by molar-refractivity contribution is 5.01. The van der Waals surface area contributed by atoms with Gasteiger partial charge >= 0.3 is 0 Å². The first kappa shape index (κ1) is 10.8. The summed E-state index contributed by atoms with van der Waals surface area (Å²) in [6.45, 7) is 0. The summed E-state index contributed by atoms with van der Waals surface area (Å²) in [7, 11) is 0. The van der Waals surface area contributed by atoms with Crippen LogP contribution in [0.5, 0.6) is 0 Å². The van der Waals surface area contributed by atoms with E-state index in [1.54, 1.807) is 0 Å². The zero-order valence-electron chi connectivity index (χ0n) is 9.85. The van der Waals surface area contributed by atoms with Gasteiger partial charge in [-0.25, -0.2) is 0 Å². The monoisotopic (exact) mass is 222 g/mol. The van der Waals surface area contributed by atoms with Crippen LogP contribution in [-0.2, 0) is 4.74 Å². The molecule has 3 rings (SSSR count). The van der Waals surface area contributed by atoms with Crippen molar-refractivity contribution in [2.75, 3.05) is 0 Å². The Kier molecular flexibility index (Phi) is 3.03. The van der Waals surface area contributed by atoms with Crippen molar-refractivity contribution in [2.24, 2.45) is 11.8 Å². The Balaban J connectivity index is 1.49. The fraction of sp³-hybridized carbons (Fsp3) is 0.857. The third-order valence-corrected chi connectivity index (χ3v) is 4.39. The molecule has 5 unspecified atom stereocenters. The lowest BCUT2D eigenvalue weighted by molar-refractivity contribution is 0.113. The third kappa shape index (κ3) is 2.49. The first-order valence-corrected chi connectivity index (χ1v) is 6.83. The van der Waals surface area contributed by atoms with Crippen molar-refractivity contribution in [3.8, 4) is 0 Å². The number of aliphatic hydroxyl groups excluding tert-OH is 1. The number of ether oxygens (including phenoxy) is 1. The smallest absolute Gasteiger partial charge is 0.0847 e. The zero-order chi connectivity index (χ0) is 11.0. The molecule has 2 saturated carbocycles. The summed E-state index contributed by atoms with van der Waals surface area (Å²) in [4.78, 5) is 0. The van der Waals surface area contributed by atoms with Gasteiger partial charge in [0.25, 0.3) is 0 Å². The van der Waals surface area contributed by atoms with Crippen LogP contribution in [0.1, 0.15) is 44.9 Å². The number of hydrogen-bond donors (Lipinski definition) is 1. The van der Waals surface area contributed by atoms with E-state index >= 15 is 0 Å². The summed E-state index contributed by atoms with van der Waals surface area (Å²) < 4.78 is 5.54. The van der Waals surface area contributed by atoms with Crippen LogP contribution in [0.3, 0.4) is 0 Å².